The number of nitrogen functional groups attached to an aromatic ring is 1. The summed E-state index contributed by atoms with van der Waals surface area (Å²) in [6, 6.07) is 5.68. The number of hydrogen-bond donors (Lipinski definition) is 2. The van der Waals surface area contributed by atoms with Gasteiger partial charge in [0.2, 0.25) is 5.28 Å². The lowest BCUT2D eigenvalue weighted by atomic mass is 10.3. The van der Waals surface area contributed by atoms with Crippen molar-refractivity contribution < 1.29 is 13.2 Å². The molecule has 0 aliphatic heterocycles. The molecule has 0 radical (unpaired) electrons. The van der Waals surface area contributed by atoms with Gasteiger partial charge in [0, 0.05) is 11.9 Å². The van der Waals surface area contributed by atoms with Gasteiger partial charge in [-0.3, -0.25) is 4.72 Å². The first-order valence-electron chi connectivity index (χ1n) is 5.37. The lowest BCUT2D eigenvalue weighted by molar-refractivity contribution is 0.403. The Morgan fingerprint density at radius 1 is 1.35 bits per heavy atom. The fourth-order valence-corrected chi connectivity index (χ4v) is 2.84. The zero-order chi connectivity index (χ0) is 14.8. The summed E-state index contributed by atoms with van der Waals surface area (Å²) in [6.45, 7) is 0. The molecule has 7 nitrogen and oxygen atoms in total. The number of rotatable bonds is 4. The predicted molar refractivity (Wildman–Crippen MR) is 75.3 cm³/mol. The molecule has 0 saturated heterocycles. The van der Waals surface area contributed by atoms with Gasteiger partial charge in [-0.25, -0.2) is 13.4 Å². The van der Waals surface area contributed by atoms with Gasteiger partial charge < -0.3 is 10.5 Å². The van der Waals surface area contributed by atoms with Crippen molar-refractivity contribution in [1.29, 1.82) is 0 Å². The number of methoxy groups -OCH3 is 1. The molecule has 0 bridgehead atoms. The maximum Gasteiger partial charge on any atom is 0.266 e. The van der Waals surface area contributed by atoms with Crippen LogP contribution < -0.4 is 15.2 Å². The number of nitrogens with zero attached hydrogens (tertiary/aromatic N) is 2. The molecule has 20 heavy (non-hydrogen) atoms. The Labute approximate surface area is 120 Å². The number of hydrogen-bond acceptors (Lipinski definition) is 6. The normalized spacial score (nSPS) is 11.1. The highest BCUT2D eigenvalue weighted by molar-refractivity contribution is 7.92. The van der Waals surface area contributed by atoms with Crippen LogP contribution in [0.1, 0.15) is 0 Å². The van der Waals surface area contributed by atoms with Crippen LogP contribution in [0.3, 0.4) is 0 Å². The lowest BCUT2D eigenvalue weighted by Crippen LogP contribution is -2.15. The van der Waals surface area contributed by atoms with E-state index < -0.39 is 10.0 Å². The first-order valence-corrected chi connectivity index (χ1v) is 7.23. The molecule has 0 aliphatic rings. The molecule has 2 rings (SSSR count). The molecular formula is C11H11ClN4O3S. The predicted octanol–water partition coefficient (Wildman–Crippen LogP) is 1.52. The van der Waals surface area contributed by atoms with Gasteiger partial charge in [-0.15, -0.1) is 0 Å². The van der Waals surface area contributed by atoms with Crippen molar-refractivity contribution in [2.24, 2.45) is 0 Å². The number of nitrogens with one attached hydrogen (secondary N) is 1. The van der Waals surface area contributed by atoms with E-state index in [4.69, 9.17) is 22.1 Å². The molecule has 1 aromatic carbocycles. The second kappa shape index (κ2) is 5.51. The van der Waals surface area contributed by atoms with E-state index in [1.54, 1.807) is 6.07 Å². The number of halogens is 1. The number of aromatic nitrogens is 2. The molecule has 0 fully saturated rings. The highest BCUT2D eigenvalue weighted by atomic mass is 35.5. The fraction of sp³-hybridized carbons (Fsp3) is 0.0909. The van der Waals surface area contributed by atoms with Crippen molar-refractivity contribution in [2.45, 2.75) is 4.90 Å². The summed E-state index contributed by atoms with van der Waals surface area (Å²) < 4.78 is 31.9. The van der Waals surface area contributed by atoms with Gasteiger partial charge in [0.15, 0.2) is 0 Å². The van der Waals surface area contributed by atoms with E-state index in [-0.39, 0.29) is 21.7 Å². The lowest BCUT2D eigenvalue weighted by Gasteiger charge is -2.11. The van der Waals surface area contributed by atoms with Gasteiger partial charge in [0.25, 0.3) is 10.0 Å². The molecule has 106 valence electrons. The number of nitrogens with two attached hydrogens (primary N) is 1. The molecular weight excluding hydrogens is 304 g/mol. The summed E-state index contributed by atoms with van der Waals surface area (Å²) >= 11 is 5.60. The zero-order valence-electron chi connectivity index (χ0n) is 10.4. The monoisotopic (exact) mass is 314 g/mol. The Kier molecular flexibility index (Phi) is 3.96. The fourth-order valence-electron chi connectivity index (χ4n) is 1.49. The quantitative estimate of drug-likeness (QED) is 0.654. The van der Waals surface area contributed by atoms with Crippen LogP contribution in [-0.4, -0.2) is 25.5 Å². The topological polar surface area (TPSA) is 107 Å². The van der Waals surface area contributed by atoms with E-state index in [9.17, 15) is 8.42 Å². The first kappa shape index (κ1) is 14.4. The molecule has 0 amide bonds. The molecule has 1 aromatic heterocycles. The Morgan fingerprint density at radius 2 is 2.10 bits per heavy atom. The molecule has 9 heteroatoms. The summed E-state index contributed by atoms with van der Waals surface area (Å²) in [5, 5.41) is -0.0651. The van der Waals surface area contributed by atoms with E-state index >= 15 is 0 Å². The molecule has 0 atom stereocenters. The minimum absolute atomic E-state index is 0.0504. The van der Waals surface area contributed by atoms with E-state index in [1.165, 1.54) is 31.5 Å². The largest absolute Gasteiger partial charge is 0.495 e. The van der Waals surface area contributed by atoms with E-state index in [1.807, 2.05) is 0 Å². The van der Waals surface area contributed by atoms with Crippen LogP contribution in [0.15, 0.2) is 35.4 Å². The zero-order valence-corrected chi connectivity index (χ0v) is 11.9. The van der Waals surface area contributed by atoms with Crippen LogP contribution in [0.5, 0.6) is 5.75 Å². The number of anilines is 2. The third-order valence-electron chi connectivity index (χ3n) is 2.34. The molecule has 0 unspecified atom stereocenters. The van der Waals surface area contributed by atoms with Crippen molar-refractivity contribution in [2.75, 3.05) is 17.6 Å². The van der Waals surface area contributed by atoms with Gasteiger partial charge in [-0.2, -0.15) is 4.98 Å². The molecule has 2 aromatic rings. The Morgan fingerprint density at radius 3 is 2.75 bits per heavy atom. The van der Waals surface area contributed by atoms with Crippen LogP contribution in [0.25, 0.3) is 0 Å². The Balaban J connectivity index is 2.43. The van der Waals surface area contributed by atoms with Gasteiger partial charge in [-0.1, -0.05) is 0 Å². The minimum Gasteiger partial charge on any atom is -0.495 e. The molecule has 0 aliphatic carbocycles. The van der Waals surface area contributed by atoms with Gasteiger partial charge >= 0.3 is 0 Å². The van der Waals surface area contributed by atoms with Crippen LogP contribution in [0.4, 0.5) is 11.5 Å². The number of ether oxygens (including phenoxy) is 1. The third-order valence-corrected chi connectivity index (χ3v) is 3.90. The molecule has 0 saturated carbocycles. The van der Waals surface area contributed by atoms with E-state index in [0.29, 0.717) is 5.69 Å². The van der Waals surface area contributed by atoms with Gasteiger partial charge in [0.05, 0.1) is 7.11 Å². The van der Waals surface area contributed by atoms with Gasteiger partial charge in [0.1, 0.15) is 16.5 Å². The SMILES string of the molecule is COc1ccc(N)cc1S(=O)(=O)Nc1ccnc(Cl)n1. The van der Waals surface area contributed by atoms with Crippen LogP contribution in [0.2, 0.25) is 5.28 Å². The van der Waals surface area contributed by atoms with Crippen molar-refractivity contribution in [1.82, 2.24) is 9.97 Å². The first-order chi connectivity index (χ1) is 9.42. The van der Waals surface area contributed by atoms with E-state index in [0.717, 1.165) is 0 Å². The summed E-state index contributed by atoms with van der Waals surface area (Å²) in [5.74, 6) is 0.223. The number of sulfonamides is 1. The standard InChI is InChI=1S/C11H11ClN4O3S/c1-19-8-3-2-7(13)6-9(8)20(17,18)16-10-4-5-14-11(12)15-10/h2-6H,13H2,1H3,(H,14,15,16). The maximum atomic E-state index is 12.3. The van der Waals surface area contributed by atoms with E-state index in [2.05, 4.69) is 14.7 Å². The number of benzene rings is 1. The highest BCUT2D eigenvalue weighted by Crippen LogP contribution is 2.27. The average Bonchev–Trinajstić information content (AvgIpc) is 2.38. The second-order valence-electron chi connectivity index (χ2n) is 3.73. The average molecular weight is 315 g/mol. The summed E-state index contributed by atoms with van der Waals surface area (Å²) in [6.07, 6.45) is 1.34. The Bertz CT molecular complexity index is 736. The van der Waals surface area contributed by atoms with Crippen LogP contribution in [-0.2, 0) is 10.0 Å². The molecule has 1 heterocycles. The molecule has 0 spiro atoms. The Hall–Kier alpha value is -2.06. The smallest absolute Gasteiger partial charge is 0.266 e. The molecule has 3 N–H and O–H groups in total. The van der Waals surface area contributed by atoms with Crippen LogP contribution >= 0.6 is 11.6 Å². The van der Waals surface area contributed by atoms with Crippen molar-refractivity contribution in [3.05, 3.63) is 35.7 Å². The van der Waals surface area contributed by atoms with Crippen molar-refractivity contribution in [3.8, 4) is 5.75 Å². The van der Waals surface area contributed by atoms with Gasteiger partial charge in [-0.05, 0) is 35.9 Å². The minimum atomic E-state index is -3.90. The second-order valence-corrected chi connectivity index (χ2v) is 5.72. The van der Waals surface area contributed by atoms with Crippen molar-refractivity contribution >= 4 is 33.1 Å². The summed E-state index contributed by atoms with van der Waals surface area (Å²) in [7, 11) is -2.53. The summed E-state index contributed by atoms with van der Waals surface area (Å²) in [5.41, 5.74) is 5.90. The highest BCUT2D eigenvalue weighted by Gasteiger charge is 2.20. The summed E-state index contributed by atoms with van der Waals surface area (Å²) in [4.78, 5) is 7.33. The maximum absolute atomic E-state index is 12.3. The van der Waals surface area contributed by atoms with Crippen molar-refractivity contribution in [3.63, 3.8) is 0 Å². The third kappa shape index (κ3) is 3.09. The van der Waals surface area contributed by atoms with Crippen LogP contribution in [0, 0.1) is 0 Å².